The molecule has 0 saturated carbocycles. The van der Waals surface area contributed by atoms with Gasteiger partial charge >= 0.3 is 5.97 Å². The summed E-state index contributed by atoms with van der Waals surface area (Å²) in [5.41, 5.74) is 1.22. The molecular formula is C13H16BrNO2. The first-order valence-corrected chi connectivity index (χ1v) is 6.56. The number of carbonyl (C=O) groups excluding carboxylic acids is 1. The molecule has 0 N–H and O–H groups in total. The van der Waals surface area contributed by atoms with E-state index in [-0.39, 0.29) is 12.0 Å². The fourth-order valence-corrected chi connectivity index (χ4v) is 2.73. The van der Waals surface area contributed by atoms with Gasteiger partial charge in [-0.2, -0.15) is 0 Å². The molecule has 4 heteroatoms. The van der Waals surface area contributed by atoms with Gasteiger partial charge in [0.25, 0.3) is 0 Å². The number of esters is 1. The lowest BCUT2D eigenvalue weighted by atomic mass is 10.2. The van der Waals surface area contributed by atoms with Crippen LogP contribution in [0.15, 0.2) is 28.7 Å². The van der Waals surface area contributed by atoms with Crippen molar-refractivity contribution in [1.29, 1.82) is 0 Å². The van der Waals surface area contributed by atoms with Gasteiger partial charge in [0.2, 0.25) is 0 Å². The molecule has 1 aromatic rings. The second kappa shape index (κ2) is 5.65. The van der Waals surface area contributed by atoms with E-state index in [2.05, 4.69) is 33.0 Å². The highest BCUT2D eigenvalue weighted by Crippen LogP contribution is 2.22. The molecule has 0 aliphatic carbocycles. The summed E-state index contributed by atoms with van der Waals surface area (Å²) in [6, 6.07) is 8.12. The third-order valence-corrected chi connectivity index (χ3v) is 3.60. The lowest BCUT2D eigenvalue weighted by Crippen LogP contribution is -2.36. The third-order valence-electron chi connectivity index (χ3n) is 3.11. The molecule has 3 nitrogen and oxygen atoms in total. The van der Waals surface area contributed by atoms with Crippen LogP contribution in [0.3, 0.4) is 0 Å². The van der Waals surface area contributed by atoms with E-state index in [1.165, 1.54) is 12.7 Å². The van der Waals surface area contributed by atoms with Crippen LogP contribution in [0, 0.1) is 0 Å². The van der Waals surface area contributed by atoms with E-state index in [0.717, 1.165) is 30.4 Å². The van der Waals surface area contributed by atoms with Crippen molar-refractivity contribution in [1.82, 2.24) is 4.90 Å². The van der Waals surface area contributed by atoms with Gasteiger partial charge < -0.3 is 4.74 Å². The maximum absolute atomic E-state index is 11.6. The lowest BCUT2D eigenvalue weighted by Gasteiger charge is -2.22. The summed E-state index contributed by atoms with van der Waals surface area (Å²) in [5.74, 6) is -0.113. The van der Waals surface area contributed by atoms with Crippen molar-refractivity contribution in [2.24, 2.45) is 0 Å². The molecule has 17 heavy (non-hydrogen) atoms. The standard InChI is InChI=1S/C13H16BrNO2/c1-17-13(16)12-6-3-7-15(12)9-10-4-2-5-11(14)8-10/h2,4-5,8,12H,3,6-7,9H2,1H3. The maximum atomic E-state index is 11.6. The van der Waals surface area contributed by atoms with E-state index < -0.39 is 0 Å². The quantitative estimate of drug-likeness (QED) is 0.803. The van der Waals surface area contributed by atoms with Crippen molar-refractivity contribution in [2.45, 2.75) is 25.4 Å². The molecule has 1 atom stereocenters. The fourth-order valence-electron chi connectivity index (χ4n) is 2.29. The van der Waals surface area contributed by atoms with Crippen molar-refractivity contribution in [3.05, 3.63) is 34.3 Å². The zero-order valence-corrected chi connectivity index (χ0v) is 11.4. The Bertz CT molecular complexity index is 408. The Balaban J connectivity index is 2.05. The lowest BCUT2D eigenvalue weighted by molar-refractivity contribution is -0.146. The van der Waals surface area contributed by atoms with Gasteiger partial charge in [-0.25, -0.2) is 0 Å². The molecule has 1 fully saturated rings. The molecule has 0 aromatic heterocycles. The molecule has 1 aromatic carbocycles. The molecule has 1 aliphatic rings. The van der Waals surface area contributed by atoms with Gasteiger partial charge in [0.15, 0.2) is 0 Å². The molecule has 1 aliphatic heterocycles. The van der Waals surface area contributed by atoms with Crippen LogP contribution in [0.4, 0.5) is 0 Å². The number of hydrogen-bond donors (Lipinski definition) is 0. The Morgan fingerprint density at radius 1 is 1.59 bits per heavy atom. The van der Waals surface area contributed by atoms with E-state index in [0.29, 0.717) is 0 Å². The number of methoxy groups -OCH3 is 1. The molecule has 0 spiro atoms. The van der Waals surface area contributed by atoms with Gasteiger partial charge in [0.05, 0.1) is 7.11 Å². The normalized spacial score (nSPS) is 20.5. The molecule has 0 bridgehead atoms. The highest BCUT2D eigenvalue weighted by atomic mass is 79.9. The number of halogens is 1. The molecule has 0 amide bonds. The molecule has 0 radical (unpaired) electrons. The SMILES string of the molecule is COC(=O)C1CCCN1Cc1cccc(Br)c1. The summed E-state index contributed by atoms with van der Waals surface area (Å²) in [6.07, 6.45) is 1.97. The molecule has 2 rings (SSSR count). The largest absolute Gasteiger partial charge is 0.468 e. The van der Waals surface area contributed by atoms with Crippen molar-refractivity contribution in [2.75, 3.05) is 13.7 Å². The number of benzene rings is 1. The minimum absolute atomic E-state index is 0.0704. The van der Waals surface area contributed by atoms with Gasteiger partial charge in [0.1, 0.15) is 6.04 Å². The van der Waals surface area contributed by atoms with Gasteiger partial charge in [0, 0.05) is 11.0 Å². The predicted molar refractivity (Wildman–Crippen MR) is 69.6 cm³/mol. The molecule has 1 unspecified atom stereocenters. The molecule has 1 saturated heterocycles. The summed E-state index contributed by atoms with van der Waals surface area (Å²) in [6.45, 7) is 1.77. The predicted octanol–water partition coefficient (Wildman–Crippen LogP) is 2.59. The average Bonchev–Trinajstić information content (AvgIpc) is 2.76. The van der Waals surface area contributed by atoms with Crippen molar-refractivity contribution >= 4 is 21.9 Å². The number of nitrogens with zero attached hydrogens (tertiary/aromatic N) is 1. The summed E-state index contributed by atoms with van der Waals surface area (Å²) < 4.78 is 5.91. The van der Waals surface area contributed by atoms with Crippen LogP contribution in [-0.2, 0) is 16.1 Å². The van der Waals surface area contributed by atoms with E-state index in [1.54, 1.807) is 0 Å². The summed E-state index contributed by atoms with van der Waals surface area (Å²) >= 11 is 3.46. The zero-order chi connectivity index (χ0) is 12.3. The third kappa shape index (κ3) is 3.07. The summed E-state index contributed by atoms with van der Waals surface area (Å²) in [4.78, 5) is 13.8. The Morgan fingerprint density at radius 2 is 2.41 bits per heavy atom. The minimum atomic E-state index is -0.113. The summed E-state index contributed by atoms with van der Waals surface area (Å²) in [5, 5.41) is 0. The van der Waals surface area contributed by atoms with Crippen molar-refractivity contribution in [3.63, 3.8) is 0 Å². The van der Waals surface area contributed by atoms with Gasteiger partial charge in [-0.1, -0.05) is 28.1 Å². The van der Waals surface area contributed by atoms with Crippen LogP contribution in [0.5, 0.6) is 0 Å². The van der Waals surface area contributed by atoms with Crippen LogP contribution in [0.25, 0.3) is 0 Å². The summed E-state index contributed by atoms with van der Waals surface area (Å²) in [7, 11) is 1.46. The maximum Gasteiger partial charge on any atom is 0.323 e. The first-order valence-electron chi connectivity index (χ1n) is 5.77. The first kappa shape index (κ1) is 12.6. The number of rotatable bonds is 3. The van der Waals surface area contributed by atoms with Crippen LogP contribution < -0.4 is 0 Å². The van der Waals surface area contributed by atoms with E-state index >= 15 is 0 Å². The van der Waals surface area contributed by atoms with Crippen LogP contribution in [0.2, 0.25) is 0 Å². The van der Waals surface area contributed by atoms with E-state index in [4.69, 9.17) is 4.74 Å². The average molecular weight is 298 g/mol. The minimum Gasteiger partial charge on any atom is -0.468 e. The topological polar surface area (TPSA) is 29.5 Å². The van der Waals surface area contributed by atoms with Gasteiger partial charge in [-0.05, 0) is 37.1 Å². The molecular weight excluding hydrogens is 282 g/mol. The Morgan fingerprint density at radius 3 is 3.12 bits per heavy atom. The Hall–Kier alpha value is -0.870. The smallest absolute Gasteiger partial charge is 0.323 e. The van der Waals surface area contributed by atoms with Crippen LogP contribution >= 0.6 is 15.9 Å². The fraction of sp³-hybridized carbons (Fsp3) is 0.462. The highest BCUT2D eigenvalue weighted by Gasteiger charge is 2.31. The number of ether oxygens (including phenoxy) is 1. The van der Waals surface area contributed by atoms with Gasteiger partial charge in [-0.15, -0.1) is 0 Å². The van der Waals surface area contributed by atoms with Gasteiger partial charge in [-0.3, -0.25) is 9.69 Å². The highest BCUT2D eigenvalue weighted by molar-refractivity contribution is 9.10. The second-order valence-corrected chi connectivity index (χ2v) is 5.20. The molecule has 92 valence electrons. The van der Waals surface area contributed by atoms with E-state index in [1.807, 2.05) is 12.1 Å². The van der Waals surface area contributed by atoms with E-state index in [9.17, 15) is 4.79 Å². The monoisotopic (exact) mass is 297 g/mol. The zero-order valence-electron chi connectivity index (χ0n) is 9.86. The number of carbonyl (C=O) groups is 1. The Labute approximate surface area is 110 Å². The second-order valence-electron chi connectivity index (χ2n) is 4.28. The van der Waals surface area contributed by atoms with Crippen LogP contribution in [-0.4, -0.2) is 30.6 Å². The van der Waals surface area contributed by atoms with Crippen LogP contribution in [0.1, 0.15) is 18.4 Å². The number of likely N-dealkylation sites (tertiary alicyclic amines) is 1. The first-order chi connectivity index (χ1) is 8.20. The Kier molecular flexibility index (Phi) is 4.18. The molecule has 1 heterocycles. The number of hydrogen-bond acceptors (Lipinski definition) is 3. The van der Waals surface area contributed by atoms with Crippen molar-refractivity contribution < 1.29 is 9.53 Å². The van der Waals surface area contributed by atoms with Crippen molar-refractivity contribution in [3.8, 4) is 0 Å².